The Kier molecular flexibility index (Phi) is 10.2. The number of amides is 3. The number of para-hydroxylation sites is 2. The molecule has 44 heavy (non-hydrogen) atoms. The van der Waals surface area contributed by atoms with Gasteiger partial charge >= 0.3 is 6.09 Å². The molecule has 9 nitrogen and oxygen atoms in total. The van der Waals surface area contributed by atoms with Crippen LogP contribution < -0.4 is 20.3 Å². The number of halogens is 1. The fraction of sp³-hybridized carbons (Fsp3) is 0.500. The summed E-state index contributed by atoms with van der Waals surface area (Å²) in [6.07, 6.45) is 7.34. The highest BCUT2D eigenvalue weighted by Crippen LogP contribution is 2.40. The summed E-state index contributed by atoms with van der Waals surface area (Å²) in [7, 11) is 0. The van der Waals surface area contributed by atoms with E-state index in [2.05, 4.69) is 21.6 Å². The van der Waals surface area contributed by atoms with Gasteiger partial charge in [0, 0.05) is 48.8 Å². The summed E-state index contributed by atoms with van der Waals surface area (Å²) in [5.41, 5.74) is 3.02. The van der Waals surface area contributed by atoms with E-state index in [-0.39, 0.29) is 24.5 Å². The van der Waals surface area contributed by atoms with Gasteiger partial charge in [-0.1, -0.05) is 35.9 Å². The number of benzene rings is 2. The van der Waals surface area contributed by atoms with E-state index in [0.29, 0.717) is 36.3 Å². The maximum absolute atomic E-state index is 13.3. The van der Waals surface area contributed by atoms with Crippen molar-refractivity contribution >= 4 is 40.8 Å². The molecule has 2 aromatic carbocycles. The second-order valence-electron chi connectivity index (χ2n) is 12.7. The molecular weight excluding hydrogens is 580 g/mol. The number of carbonyl (C=O) groups excluding carboxylic acids is 3. The fourth-order valence-electron chi connectivity index (χ4n) is 6.29. The molecule has 0 radical (unpaired) electrons. The van der Waals surface area contributed by atoms with Gasteiger partial charge in [-0.15, -0.1) is 0 Å². The number of nitrogens with zero attached hydrogens (tertiary/aromatic N) is 2. The molecule has 0 aliphatic carbocycles. The monoisotopic (exact) mass is 622 g/mol. The van der Waals surface area contributed by atoms with E-state index in [4.69, 9.17) is 21.1 Å². The topological polar surface area (TPSA) is 100 Å². The van der Waals surface area contributed by atoms with Crippen molar-refractivity contribution in [2.24, 2.45) is 0 Å². The van der Waals surface area contributed by atoms with E-state index in [1.54, 1.807) is 6.07 Å². The lowest BCUT2D eigenvalue weighted by Gasteiger charge is -2.37. The first-order chi connectivity index (χ1) is 21.1. The van der Waals surface area contributed by atoms with Gasteiger partial charge < -0.3 is 25.0 Å². The Morgan fingerprint density at radius 3 is 2.57 bits per heavy atom. The molecule has 3 heterocycles. The molecule has 5 rings (SSSR count). The lowest BCUT2D eigenvalue weighted by molar-refractivity contribution is -0.121. The number of hydrogen-bond acceptors (Lipinski definition) is 6. The SMILES string of the molecule is CC(C)(C)OC(=O)NCCCCCNC(=O)c1cc(Cl)ccc1C1=CC2CCC(C1)N2CCN1C(=O)COc2ccccc21. The third kappa shape index (κ3) is 7.93. The predicted molar refractivity (Wildman–Crippen MR) is 172 cm³/mol. The molecule has 3 aliphatic rings. The number of fused-ring (bicyclic) bond motifs is 3. The van der Waals surface area contributed by atoms with Crippen LogP contribution in [0.2, 0.25) is 5.02 Å². The van der Waals surface area contributed by atoms with E-state index >= 15 is 0 Å². The lowest BCUT2D eigenvalue weighted by atomic mass is 9.91. The van der Waals surface area contributed by atoms with Gasteiger partial charge in [-0.3, -0.25) is 14.5 Å². The van der Waals surface area contributed by atoms with E-state index < -0.39 is 11.7 Å². The molecule has 1 saturated heterocycles. The van der Waals surface area contributed by atoms with Crippen molar-refractivity contribution in [3.63, 3.8) is 0 Å². The molecule has 2 bridgehead atoms. The van der Waals surface area contributed by atoms with Gasteiger partial charge in [-0.05, 0) is 94.7 Å². The fourth-order valence-corrected chi connectivity index (χ4v) is 6.47. The van der Waals surface area contributed by atoms with Gasteiger partial charge in [0.1, 0.15) is 11.4 Å². The summed E-state index contributed by atoms with van der Waals surface area (Å²) >= 11 is 6.35. The zero-order valence-corrected chi connectivity index (χ0v) is 26.6. The zero-order chi connectivity index (χ0) is 31.3. The largest absolute Gasteiger partial charge is 0.482 e. The highest BCUT2D eigenvalue weighted by Gasteiger charge is 2.38. The van der Waals surface area contributed by atoms with Crippen LogP contribution >= 0.6 is 11.6 Å². The van der Waals surface area contributed by atoms with Gasteiger partial charge in [-0.25, -0.2) is 4.79 Å². The Morgan fingerprint density at radius 1 is 1.02 bits per heavy atom. The molecule has 3 amide bonds. The van der Waals surface area contributed by atoms with Crippen LogP contribution in [-0.4, -0.2) is 73.3 Å². The predicted octanol–water partition coefficient (Wildman–Crippen LogP) is 5.81. The van der Waals surface area contributed by atoms with Crippen molar-refractivity contribution in [1.29, 1.82) is 0 Å². The van der Waals surface area contributed by atoms with Crippen LogP contribution in [0.4, 0.5) is 10.5 Å². The first-order valence-corrected chi connectivity index (χ1v) is 16.0. The van der Waals surface area contributed by atoms with Crippen LogP contribution in [0.3, 0.4) is 0 Å². The maximum Gasteiger partial charge on any atom is 0.407 e. The average molecular weight is 623 g/mol. The summed E-state index contributed by atoms with van der Waals surface area (Å²) < 4.78 is 10.9. The highest BCUT2D eigenvalue weighted by atomic mass is 35.5. The molecule has 236 valence electrons. The number of anilines is 1. The van der Waals surface area contributed by atoms with Crippen molar-refractivity contribution in [2.75, 3.05) is 37.7 Å². The Hall–Kier alpha value is -3.56. The molecule has 10 heteroatoms. The quantitative estimate of drug-likeness (QED) is 0.307. The molecule has 0 spiro atoms. The highest BCUT2D eigenvalue weighted by molar-refractivity contribution is 6.31. The number of hydrogen-bond donors (Lipinski definition) is 2. The maximum atomic E-state index is 13.3. The Balaban J connectivity index is 1.15. The van der Waals surface area contributed by atoms with Crippen molar-refractivity contribution in [2.45, 2.75) is 77.0 Å². The molecular formula is C34H43ClN4O5. The minimum atomic E-state index is -0.515. The summed E-state index contributed by atoms with van der Waals surface area (Å²) in [4.78, 5) is 42.1. The summed E-state index contributed by atoms with van der Waals surface area (Å²) in [5, 5.41) is 6.35. The minimum absolute atomic E-state index is 0.0152. The summed E-state index contributed by atoms with van der Waals surface area (Å²) in [5.74, 6) is 0.604. The number of alkyl carbamates (subject to hydrolysis) is 1. The molecule has 2 unspecified atom stereocenters. The smallest absolute Gasteiger partial charge is 0.407 e. The van der Waals surface area contributed by atoms with Crippen molar-refractivity contribution in [1.82, 2.24) is 15.5 Å². The van der Waals surface area contributed by atoms with E-state index in [1.807, 2.05) is 62.1 Å². The van der Waals surface area contributed by atoms with Crippen LogP contribution in [0.5, 0.6) is 5.75 Å². The second-order valence-corrected chi connectivity index (χ2v) is 13.1. The van der Waals surface area contributed by atoms with Crippen molar-refractivity contribution in [3.05, 3.63) is 64.7 Å². The standard InChI is InChI=1S/C34H43ClN4O5/c1-34(2,3)44-33(42)37-16-8-4-7-15-36-32(41)28-21-24(35)11-14-27(28)23-19-25-12-13-26(20-23)38(25)17-18-39-29-9-5-6-10-30(29)43-22-31(39)40/h5-6,9-11,14,19,21,25-26H,4,7-8,12-13,15-18,20,22H2,1-3H3,(H,36,41)(H,37,42). The Morgan fingerprint density at radius 2 is 1.80 bits per heavy atom. The number of nitrogens with one attached hydrogen (secondary N) is 2. The van der Waals surface area contributed by atoms with Crippen molar-refractivity contribution in [3.8, 4) is 5.75 Å². The number of carbonyl (C=O) groups is 3. The van der Waals surface area contributed by atoms with Crippen molar-refractivity contribution < 1.29 is 23.9 Å². The van der Waals surface area contributed by atoms with Gasteiger partial charge in [0.05, 0.1) is 5.69 Å². The van der Waals surface area contributed by atoms with Gasteiger partial charge in [0.2, 0.25) is 0 Å². The molecule has 2 aromatic rings. The van der Waals surface area contributed by atoms with Gasteiger partial charge in [0.25, 0.3) is 11.8 Å². The molecule has 0 aromatic heterocycles. The van der Waals surface area contributed by atoms with Gasteiger partial charge in [-0.2, -0.15) is 0 Å². The third-order valence-electron chi connectivity index (χ3n) is 8.31. The molecule has 2 N–H and O–H groups in total. The van der Waals surface area contributed by atoms with E-state index in [0.717, 1.165) is 62.1 Å². The van der Waals surface area contributed by atoms with Gasteiger partial charge in [0.15, 0.2) is 6.61 Å². The van der Waals surface area contributed by atoms with Crippen LogP contribution in [0.25, 0.3) is 5.57 Å². The zero-order valence-electron chi connectivity index (χ0n) is 25.9. The Bertz CT molecular complexity index is 1400. The molecule has 3 aliphatic heterocycles. The molecule has 1 fully saturated rings. The number of ether oxygens (including phenoxy) is 2. The first kappa shape index (κ1) is 31.9. The molecule has 0 saturated carbocycles. The number of unbranched alkanes of at least 4 members (excludes halogenated alkanes) is 2. The summed E-state index contributed by atoms with van der Waals surface area (Å²) in [6, 6.07) is 13.9. The van der Waals surface area contributed by atoms with Crippen LogP contribution in [-0.2, 0) is 9.53 Å². The Labute approximate surface area is 264 Å². The lowest BCUT2D eigenvalue weighted by Crippen LogP contribution is -2.47. The van der Waals surface area contributed by atoms with E-state index in [1.165, 1.54) is 5.57 Å². The van der Waals surface area contributed by atoms with E-state index in [9.17, 15) is 14.4 Å². The average Bonchev–Trinajstić information content (AvgIpc) is 3.21. The summed E-state index contributed by atoms with van der Waals surface area (Å²) in [6.45, 7) is 8.04. The van der Waals surface area contributed by atoms with Crippen LogP contribution in [0.15, 0.2) is 48.5 Å². The van der Waals surface area contributed by atoms with Crippen LogP contribution in [0.1, 0.15) is 75.2 Å². The second kappa shape index (κ2) is 14.0. The molecule has 2 atom stereocenters. The van der Waals surface area contributed by atoms with Crippen LogP contribution in [0, 0.1) is 0 Å². The minimum Gasteiger partial charge on any atom is -0.482 e. The normalized spacial score (nSPS) is 19.6. The first-order valence-electron chi connectivity index (χ1n) is 15.6. The number of rotatable bonds is 11. The third-order valence-corrected chi connectivity index (χ3v) is 8.54.